The highest BCUT2D eigenvalue weighted by molar-refractivity contribution is 7.99. The van der Waals surface area contributed by atoms with Crippen molar-refractivity contribution in [3.05, 3.63) is 35.4 Å². The summed E-state index contributed by atoms with van der Waals surface area (Å²) in [5, 5.41) is 3.53. The minimum absolute atomic E-state index is 0.180. The minimum atomic E-state index is 0.180. The molecule has 0 bridgehead atoms. The summed E-state index contributed by atoms with van der Waals surface area (Å²) in [6, 6.07) is 9.80. The fraction of sp³-hybridized carbons (Fsp3) is 0.647. The Balaban J connectivity index is 1.88. The van der Waals surface area contributed by atoms with E-state index in [0.717, 1.165) is 13.1 Å². The predicted molar refractivity (Wildman–Crippen MR) is 90.2 cm³/mol. The van der Waals surface area contributed by atoms with Gasteiger partial charge in [0.05, 0.1) is 0 Å². The van der Waals surface area contributed by atoms with Crippen LogP contribution in [0.4, 0.5) is 0 Å². The average molecular weight is 292 g/mol. The van der Waals surface area contributed by atoms with Gasteiger partial charge >= 0.3 is 0 Å². The Kier molecular flexibility index (Phi) is 5.53. The van der Waals surface area contributed by atoms with E-state index in [2.05, 4.69) is 73.9 Å². The van der Waals surface area contributed by atoms with Crippen LogP contribution in [0.15, 0.2) is 24.3 Å². The molecule has 112 valence electrons. The van der Waals surface area contributed by atoms with Crippen molar-refractivity contribution in [2.24, 2.45) is 0 Å². The van der Waals surface area contributed by atoms with Gasteiger partial charge in [0.1, 0.15) is 0 Å². The first-order valence-electron chi connectivity index (χ1n) is 7.59. The second kappa shape index (κ2) is 6.97. The van der Waals surface area contributed by atoms with Crippen LogP contribution in [0, 0.1) is 0 Å². The molecule has 1 atom stereocenters. The summed E-state index contributed by atoms with van der Waals surface area (Å²) in [6.07, 6.45) is 0. The monoisotopic (exact) mass is 292 g/mol. The third-order valence-electron chi connectivity index (χ3n) is 3.74. The van der Waals surface area contributed by atoms with Crippen molar-refractivity contribution in [1.82, 2.24) is 10.2 Å². The first-order valence-corrected chi connectivity index (χ1v) is 8.74. The van der Waals surface area contributed by atoms with Gasteiger partial charge in [0, 0.05) is 42.7 Å². The smallest absolute Gasteiger partial charge is 0.0237 e. The van der Waals surface area contributed by atoms with E-state index in [1.807, 2.05) is 0 Å². The fourth-order valence-corrected chi connectivity index (χ4v) is 3.44. The van der Waals surface area contributed by atoms with E-state index in [0.29, 0.717) is 6.04 Å². The van der Waals surface area contributed by atoms with E-state index in [9.17, 15) is 0 Å². The van der Waals surface area contributed by atoms with E-state index in [1.54, 1.807) is 0 Å². The van der Waals surface area contributed by atoms with Gasteiger partial charge in [-0.25, -0.2) is 0 Å². The molecule has 0 aromatic heterocycles. The second-order valence-corrected chi connectivity index (χ2v) is 7.96. The number of nitrogens with zero attached hydrogens (tertiary/aromatic N) is 1. The Labute approximate surface area is 128 Å². The lowest BCUT2D eigenvalue weighted by Gasteiger charge is -2.33. The lowest BCUT2D eigenvalue weighted by molar-refractivity contribution is 0.224. The van der Waals surface area contributed by atoms with Crippen LogP contribution >= 0.6 is 11.8 Å². The van der Waals surface area contributed by atoms with Gasteiger partial charge in [0.15, 0.2) is 0 Å². The van der Waals surface area contributed by atoms with Crippen molar-refractivity contribution in [3.8, 4) is 0 Å². The van der Waals surface area contributed by atoms with Crippen LogP contribution in [0.25, 0.3) is 0 Å². The average Bonchev–Trinajstić information content (AvgIpc) is 2.40. The number of rotatable bonds is 4. The summed E-state index contributed by atoms with van der Waals surface area (Å²) < 4.78 is 0. The van der Waals surface area contributed by atoms with Gasteiger partial charge in [-0.15, -0.1) is 0 Å². The van der Waals surface area contributed by atoms with Gasteiger partial charge in [-0.2, -0.15) is 11.8 Å². The molecule has 1 unspecified atom stereocenters. The Hall–Kier alpha value is -0.510. The number of nitrogens with one attached hydrogen (secondary N) is 1. The summed E-state index contributed by atoms with van der Waals surface area (Å²) in [5.41, 5.74) is 2.98. The third kappa shape index (κ3) is 5.12. The molecule has 1 aliphatic heterocycles. The second-order valence-electron chi connectivity index (χ2n) is 6.81. The standard InChI is InChI=1S/C17H28N2S/c1-14-13-20-10-9-19(14)12-16-7-5-15(6-8-16)11-18-17(2,3)4/h5-8,14,18H,9-13H2,1-4H3. The van der Waals surface area contributed by atoms with Crippen LogP contribution in [0.5, 0.6) is 0 Å². The maximum atomic E-state index is 3.53. The van der Waals surface area contributed by atoms with E-state index < -0.39 is 0 Å². The van der Waals surface area contributed by atoms with Crippen molar-refractivity contribution in [2.45, 2.75) is 52.4 Å². The Morgan fingerprint density at radius 3 is 2.45 bits per heavy atom. The minimum Gasteiger partial charge on any atom is -0.308 e. The van der Waals surface area contributed by atoms with Crippen LogP contribution in [-0.4, -0.2) is 34.5 Å². The maximum absolute atomic E-state index is 3.53. The van der Waals surface area contributed by atoms with Gasteiger partial charge < -0.3 is 5.32 Å². The molecule has 0 saturated carbocycles. The van der Waals surface area contributed by atoms with Crippen LogP contribution in [0.3, 0.4) is 0 Å². The molecule has 1 aromatic carbocycles. The third-order valence-corrected chi connectivity index (χ3v) is 4.93. The molecule has 0 aliphatic carbocycles. The summed E-state index contributed by atoms with van der Waals surface area (Å²) in [4.78, 5) is 2.60. The van der Waals surface area contributed by atoms with Gasteiger partial charge in [-0.3, -0.25) is 4.90 Å². The zero-order valence-electron chi connectivity index (χ0n) is 13.3. The lowest BCUT2D eigenvalue weighted by Crippen LogP contribution is -2.39. The molecule has 3 heteroatoms. The first-order chi connectivity index (χ1) is 9.44. The van der Waals surface area contributed by atoms with Crippen LogP contribution in [0.2, 0.25) is 0 Å². The topological polar surface area (TPSA) is 15.3 Å². The van der Waals surface area contributed by atoms with Crippen molar-refractivity contribution in [3.63, 3.8) is 0 Å². The molecule has 2 rings (SSSR count). The summed E-state index contributed by atoms with van der Waals surface area (Å²) >= 11 is 2.08. The van der Waals surface area contributed by atoms with Gasteiger partial charge in [-0.05, 0) is 38.8 Å². The predicted octanol–water partition coefficient (Wildman–Crippen LogP) is 3.51. The number of benzene rings is 1. The van der Waals surface area contributed by atoms with Crippen molar-refractivity contribution in [2.75, 3.05) is 18.1 Å². The molecule has 2 nitrogen and oxygen atoms in total. The van der Waals surface area contributed by atoms with Crippen LogP contribution < -0.4 is 5.32 Å². The number of hydrogen-bond acceptors (Lipinski definition) is 3. The molecular weight excluding hydrogens is 264 g/mol. The number of thioether (sulfide) groups is 1. The van der Waals surface area contributed by atoms with Gasteiger partial charge in [0.2, 0.25) is 0 Å². The Bertz CT molecular complexity index is 408. The Morgan fingerprint density at radius 2 is 1.85 bits per heavy atom. The van der Waals surface area contributed by atoms with Crippen molar-refractivity contribution < 1.29 is 0 Å². The van der Waals surface area contributed by atoms with Crippen molar-refractivity contribution >= 4 is 11.8 Å². The molecule has 1 aliphatic rings. The molecule has 0 spiro atoms. The molecule has 0 radical (unpaired) electrons. The summed E-state index contributed by atoms with van der Waals surface area (Å²) in [7, 11) is 0. The SMILES string of the molecule is CC1CSCCN1Cc1ccc(CNC(C)(C)C)cc1. The quantitative estimate of drug-likeness (QED) is 0.914. The van der Waals surface area contributed by atoms with E-state index in [-0.39, 0.29) is 5.54 Å². The highest BCUT2D eigenvalue weighted by atomic mass is 32.2. The molecular formula is C17H28N2S. The molecule has 1 fully saturated rings. The molecule has 0 amide bonds. The zero-order chi connectivity index (χ0) is 14.6. The summed E-state index contributed by atoms with van der Waals surface area (Å²) in [5.74, 6) is 2.55. The Morgan fingerprint density at radius 1 is 1.20 bits per heavy atom. The first kappa shape index (κ1) is 15.9. The van der Waals surface area contributed by atoms with Crippen LogP contribution in [0.1, 0.15) is 38.8 Å². The van der Waals surface area contributed by atoms with Gasteiger partial charge in [0.25, 0.3) is 0 Å². The zero-order valence-corrected chi connectivity index (χ0v) is 14.1. The molecule has 20 heavy (non-hydrogen) atoms. The fourth-order valence-electron chi connectivity index (χ4n) is 2.36. The lowest BCUT2D eigenvalue weighted by atomic mass is 10.1. The largest absolute Gasteiger partial charge is 0.308 e. The van der Waals surface area contributed by atoms with Crippen LogP contribution in [-0.2, 0) is 13.1 Å². The van der Waals surface area contributed by atoms with Gasteiger partial charge in [-0.1, -0.05) is 24.3 Å². The molecule has 1 saturated heterocycles. The van der Waals surface area contributed by atoms with E-state index in [1.165, 1.54) is 29.2 Å². The molecule has 1 heterocycles. The highest BCUT2D eigenvalue weighted by Gasteiger charge is 2.18. The number of hydrogen-bond donors (Lipinski definition) is 1. The highest BCUT2D eigenvalue weighted by Crippen LogP contribution is 2.18. The van der Waals surface area contributed by atoms with E-state index >= 15 is 0 Å². The van der Waals surface area contributed by atoms with E-state index in [4.69, 9.17) is 0 Å². The molecule has 1 N–H and O–H groups in total. The maximum Gasteiger partial charge on any atom is 0.0237 e. The summed E-state index contributed by atoms with van der Waals surface area (Å²) in [6.45, 7) is 12.2. The normalized spacial score (nSPS) is 21.1. The molecule has 1 aromatic rings. The van der Waals surface area contributed by atoms with Crippen molar-refractivity contribution in [1.29, 1.82) is 0 Å².